The van der Waals surface area contributed by atoms with Gasteiger partial charge in [0.2, 0.25) is 15.9 Å². The quantitative estimate of drug-likeness (QED) is 0.884. The van der Waals surface area contributed by atoms with E-state index < -0.39 is 10.0 Å². The number of benzene rings is 1. The van der Waals surface area contributed by atoms with Crippen molar-refractivity contribution in [3.8, 4) is 6.07 Å². The summed E-state index contributed by atoms with van der Waals surface area (Å²) in [5, 5.41) is 11.4. The molecule has 2 rings (SSSR count). The number of hydrogen-bond acceptors (Lipinski definition) is 4. The van der Waals surface area contributed by atoms with Crippen LogP contribution in [0.2, 0.25) is 0 Å². The maximum atomic E-state index is 12.5. The molecule has 1 heterocycles. The molecular weight excluding hydrogens is 290 g/mol. The van der Waals surface area contributed by atoms with Gasteiger partial charge in [-0.25, -0.2) is 8.42 Å². The van der Waals surface area contributed by atoms with E-state index in [1.807, 2.05) is 6.07 Å². The summed E-state index contributed by atoms with van der Waals surface area (Å²) in [5.74, 6) is -0.153. The summed E-state index contributed by atoms with van der Waals surface area (Å²) in [7, 11) is -3.54. The minimum absolute atomic E-state index is 0.130. The Kier molecular flexibility index (Phi) is 4.60. The van der Waals surface area contributed by atoms with Gasteiger partial charge in [-0.1, -0.05) is 12.1 Å². The minimum atomic E-state index is -3.54. The zero-order chi connectivity index (χ0) is 15.5. The second-order valence-corrected chi connectivity index (χ2v) is 6.97. The van der Waals surface area contributed by atoms with E-state index in [-0.39, 0.29) is 23.3 Å². The zero-order valence-electron chi connectivity index (χ0n) is 11.7. The number of rotatable bonds is 4. The van der Waals surface area contributed by atoms with E-state index in [9.17, 15) is 13.2 Å². The van der Waals surface area contributed by atoms with Crippen LogP contribution in [0.15, 0.2) is 29.2 Å². The summed E-state index contributed by atoms with van der Waals surface area (Å²) in [6, 6.07) is 8.24. The van der Waals surface area contributed by atoms with Gasteiger partial charge in [-0.3, -0.25) is 4.79 Å². The minimum Gasteiger partial charge on any atom is -0.352 e. The van der Waals surface area contributed by atoms with Crippen molar-refractivity contribution in [2.75, 3.05) is 13.1 Å². The van der Waals surface area contributed by atoms with Crippen LogP contribution in [0.4, 0.5) is 0 Å². The highest BCUT2D eigenvalue weighted by Gasteiger charge is 2.32. The largest absolute Gasteiger partial charge is 0.352 e. The third-order valence-corrected chi connectivity index (χ3v) is 5.28. The Balaban J connectivity index is 2.12. The molecular formula is C14H17N3O3S. The van der Waals surface area contributed by atoms with Crippen LogP contribution < -0.4 is 5.32 Å². The van der Waals surface area contributed by atoms with E-state index in [4.69, 9.17) is 5.26 Å². The molecule has 0 aliphatic carbocycles. The van der Waals surface area contributed by atoms with E-state index in [0.717, 1.165) is 5.56 Å². The van der Waals surface area contributed by atoms with Crippen molar-refractivity contribution >= 4 is 15.9 Å². The molecule has 1 atom stereocenters. The summed E-state index contributed by atoms with van der Waals surface area (Å²) in [5.41, 5.74) is 0.786. The third kappa shape index (κ3) is 3.60. The fourth-order valence-electron chi connectivity index (χ4n) is 2.37. The second kappa shape index (κ2) is 6.24. The predicted octanol–water partition coefficient (Wildman–Crippen LogP) is 0.652. The number of nitriles is 1. The first kappa shape index (κ1) is 15.5. The van der Waals surface area contributed by atoms with Crippen molar-refractivity contribution in [3.63, 3.8) is 0 Å². The smallest absolute Gasteiger partial charge is 0.243 e. The van der Waals surface area contributed by atoms with Gasteiger partial charge in [0.25, 0.3) is 0 Å². The molecule has 0 saturated carbocycles. The molecule has 1 unspecified atom stereocenters. The average Bonchev–Trinajstić information content (AvgIpc) is 2.88. The number of carbonyl (C=O) groups excluding carboxylic acids is 1. The molecule has 7 heteroatoms. The van der Waals surface area contributed by atoms with Gasteiger partial charge in [-0.15, -0.1) is 0 Å². The monoisotopic (exact) mass is 307 g/mol. The van der Waals surface area contributed by atoms with Gasteiger partial charge in [0, 0.05) is 26.1 Å². The predicted molar refractivity (Wildman–Crippen MR) is 76.7 cm³/mol. The standard InChI is InChI=1S/C14H17N3O3S/c1-11(18)16-13-7-9-17(10-13)21(19,20)14-4-2-12(3-5-14)6-8-15/h2-5,13H,6-7,9-10H2,1H3,(H,16,18). The van der Waals surface area contributed by atoms with Crippen molar-refractivity contribution in [1.82, 2.24) is 9.62 Å². The molecule has 21 heavy (non-hydrogen) atoms. The Morgan fingerprint density at radius 3 is 2.67 bits per heavy atom. The first-order valence-corrected chi connectivity index (χ1v) is 8.10. The lowest BCUT2D eigenvalue weighted by molar-refractivity contribution is -0.119. The molecule has 0 spiro atoms. The number of amides is 1. The molecule has 1 fully saturated rings. The summed E-state index contributed by atoms with van der Waals surface area (Å²) < 4.78 is 26.3. The van der Waals surface area contributed by atoms with Crippen molar-refractivity contribution in [2.45, 2.75) is 30.7 Å². The first-order chi connectivity index (χ1) is 9.93. The molecule has 112 valence electrons. The SMILES string of the molecule is CC(=O)NC1CCN(S(=O)(=O)c2ccc(CC#N)cc2)C1. The van der Waals surface area contributed by atoms with Gasteiger partial charge in [-0.2, -0.15) is 9.57 Å². The second-order valence-electron chi connectivity index (χ2n) is 5.03. The van der Waals surface area contributed by atoms with E-state index in [0.29, 0.717) is 19.5 Å². The number of nitrogens with zero attached hydrogens (tertiary/aromatic N) is 2. The summed E-state index contributed by atoms with van der Waals surface area (Å²) in [6.07, 6.45) is 0.875. The first-order valence-electron chi connectivity index (χ1n) is 6.66. The Labute approximate surface area is 124 Å². The van der Waals surface area contributed by atoms with Gasteiger partial charge >= 0.3 is 0 Å². The van der Waals surface area contributed by atoms with Crippen LogP contribution in [-0.4, -0.2) is 37.8 Å². The van der Waals surface area contributed by atoms with Crippen LogP contribution in [0, 0.1) is 11.3 Å². The maximum Gasteiger partial charge on any atom is 0.243 e. The lowest BCUT2D eigenvalue weighted by Crippen LogP contribution is -2.37. The van der Waals surface area contributed by atoms with Crippen molar-refractivity contribution in [1.29, 1.82) is 5.26 Å². The van der Waals surface area contributed by atoms with Crippen LogP contribution in [0.1, 0.15) is 18.9 Å². The van der Waals surface area contributed by atoms with E-state index in [1.54, 1.807) is 12.1 Å². The van der Waals surface area contributed by atoms with Gasteiger partial charge < -0.3 is 5.32 Å². The van der Waals surface area contributed by atoms with Gasteiger partial charge in [0.05, 0.1) is 17.4 Å². The van der Waals surface area contributed by atoms with Crippen LogP contribution in [-0.2, 0) is 21.2 Å². The third-order valence-electron chi connectivity index (χ3n) is 3.40. The lowest BCUT2D eigenvalue weighted by atomic mass is 10.2. The van der Waals surface area contributed by atoms with Crippen molar-refractivity contribution in [3.05, 3.63) is 29.8 Å². The molecule has 1 aliphatic rings. The molecule has 0 radical (unpaired) electrons. The highest BCUT2D eigenvalue weighted by molar-refractivity contribution is 7.89. The Morgan fingerprint density at radius 1 is 1.43 bits per heavy atom. The van der Waals surface area contributed by atoms with Crippen LogP contribution in [0.25, 0.3) is 0 Å². The van der Waals surface area contributed by atoms with Gasteiger partial charge in [0.15, 0.2) is 0 Å². The number of hydrogen-bond donors (Lipinski definition) is 1. The highest BCUT2D eigenvalue weighted by Crippen LogP contribution is 2.21. The highest BCUT2D eigenvalue weighted by atomic mass is 32.2. The van der Waals surface area contributed by atoms with E-state index in [2.05, 4.69) is 5.32 Å². The van der Waals surface area contributed by atoms with Gasteiger partial charge in [0.1, 0.15) is 0 Å². The Morgan fingerprint density at radius 2 is 2.10 bits per heavy atom. The van der Waals surface area contributed by atoms with E-state index in [1.165, 1.54) is 23.4 Å². The van der Waals surface area contributed by atoms with Gasteiger partial charge in [-0.05, 0) is 24.1 Å². The fourth-order valence-corrected chi connectivity index (χ4v) is 3.87. The summed E-state index contributed by atoms with van der Waals surface area (Å²) in [6.45, 7) is 2.11. The van der Waals surface area contributed by atoms with Crippen molar-refractivity contribution < 1.29 is 13.2 Å². The molecule has 1 aromatic carbocycles. The molecule has 0 aromatic heterocycles. The van der Waals surface area contributed by atoms with E-state index >= 15 is 0 Å². The lowest BCUT2D eigenvalue weighted by Gasteiger charge is -2.17. The van der Waals surface area contributed by atoms with Crippen LogP contribution in [0.5, 0.6) is 0 Å². The van der Waals surface area contributed by atoms with Crippen LogP contribution in [0.3, 0.4) is 0 Å². The molecule has 0 bridgehead atoms. The normalized spacial score (nSPS) is 19.1. The van der Waals surface area contributed by atoms with Crippen LogP contribution >= 0.6 is 0 Å². The molecule has 1 N–H and O–H groups in total. The molecule has 1 aromatic rings. The maximum absolute atomic E-state index is 12.5. The number of sulfonamides is 1. The number of nitrogens with one attached hydrogen (secondary N) is 1. The van der Waals surface area contributed by atoms with Crippen molar-refractivity contribution in [2.24, 2.45) is 0 Å². The molecule has 1 aliphatic heterocycles. The average molecular weight is 307 g/mol. The topological polar surface area (TPSA) is 90.3 Å². The summed E-state index contributed by atoms with van der Waals surface area (Å²) >= 11 is 0. The Bertz CT molecular complexity index is 662. The Hall–Kier alpha value is -1.91. The summed E-state index contributed by atoms with van der Waals surface area (Å²) in [4.78, 5) is 11.2. The molecule has 1 amide bonds. The fraction of sp³-hybridized carbons (Fsp3) is 0.429. The molecule has 6 nitrogen and oxygen atoms in total. The molecule has 1 saturated heterocycles. The number of carbonyl (C=O) groups is 1. The zero-order valence-corrected chi connectivity index (χ0v) is 12.6.